The first-order valence-electron chi connectivity index (χ1n) is 17.1. The van der Waals surface area contributed by atoms with Gasteiger partial charge >= 0.3 is 19.5 Å². The molecule has 0 aliphatic heterocycles. The van der Waals surface area contributed by atoms with Crippen molar-refractivity contribution >= 4 is 45.4 Å². The molecule has 1 nitrogen and oxygen atoms in total. The molecule has 0 aliphatic carbocycles. The van der Waals surface area contributed by atoms with E-state index in [0.29, 0.717) is 0 Å². The number of hydrogen-bond acceptors (Lipinski definition) is 0. The van der Waals surface area contributed by atoms with Crippen LogP contribution < -0.4 is 15.9 Å². The molecular formula is C48H42NPRu-2. The quantitative estimate of drug-likeness (QED) is 0.0877. The minimum absolute atomic E-state index is 0. The Kier molecular flexibility index (Phi) is 11.9. The number of nitrogens with one attached hydrogen (secondary N) is 1. The van der Waals surface area contributed by atoms with Gasteiger partial charge in [0.25, 0.3) is 0 Å². The first-order valence-corrected chi connectivity index (χ1v) is 18.6. The van der Waals surface area contributed by atoms with Crippen molar-refractivity contribution in [3.63, 3.8) is 0 Å². The van der Waals surface area contributed by atoms with Gasteiger partial charge in [0.15, 0.2) is 0 Å². The van der Waals surface area contributed by atoms with Crippen molar-refractivity contribution in [2.24, 2.45) is 0 Å². The monoisotopic (exact) mass is 765 g/mol. The van der Waals surface area contributed by atoms with Crippen molar-refractivity contribution in [3.05, 3.63) is 230 Å². The Labute approximate surface area is 316 Å². The summed E-state index contributed by atoms with van der Waals surface area (Å²) in [6.45, 7) is 8.61. The molecule has 51 heavy (non-hydrogen) atoms. The summed E-state index contributed by atoms with van der Waals surface area (Å²) in [4.78, 5) is 0. The molecule has 0 radical (unpaired) electrons. The van der Waals surface area contributed by atoms with Crippen molar-refractivity contribution in [3.8, 4) is 11.1 Å². The van der Waals surface area contributed by atoms with Crippen LogP contribution in [0.2, 0.25) is 0 Å². The first-order chi connectivity index (χ1) is 24.6. The maximum atomic E-state index is 8.19. The molecule has 8 aromatic rings. The molecule has 0 bridgehead atoms. The fourth-order valence-electron chi connectivity index (χ4n) is 6.83. The van der Waals surface area contributed by atoms with Crippen LogP contribution >= 0.6 is 7.92 Å². The second-order valence-corrected chi connectivity index (χ2v) is 15.0. The summed E-state index contributed by atoms with van der Waals surface area (Å²) < 4.78 is 0. The third kappa shape index (κ3) is 7.91. The van der Waals surface area contributed by atoms with Gasteiger partial charge in [0.2, 0.25) is 0 Å². The second-order valence-electron chi connectivity index (χ2n) is 12.5. The van der Waals surface area contributed by atoms with Gasteiger partial charge in [-0.15, -0.1) is 17.7 Å². The fourth-order valence-corrected chi connectivity index (χ4v) is 9.60. The number of benzene rings is 8. The van der Waals surface area contributed by atoms with Gasteiger partial charge in [-0.2, -0.15) is 24.5 Å². The van der Waals surface area contributed by atoms with Gasteiger partial charge in [-0.25, -0.2) is 0 Å². The van der Waals surface area contributed by atoms with Crippen molar-refractivity contribution < 1.29 is 19.5 Å². The second kappa shape index (κ2) is 16.9. The van der Waals surface area contributed by atoms with E-state index in [1.54, 1.807) is 0 Å². The Morgan fingerprint density at radius 3 is 1.37 bits per heavy atom. The zero-order valence-electron chi connectivity index (χ0n) is 28.5. The molecule has 0 spiro atoms. The van der Waals surface area contributed by atoms with Gasteiger partial charge in [0.05, 0.1) is 13.2 Å². The van der Waals surface area contributed by atoms with E-state index in [9.17, 15) is 0 Å². The molecule has 0 saturated carbocycles. The Morgan fingerprint density at radius 1 is 0.431 bits per heavy atom. The van der Waals surface area contributed by atoms with Gasteiger partial charge < -0.3 is 12.7 Å². The van der Waals surface area contributed by atoms with Crippen LogP contribution in [-0.2, 0) is 19.5 Å². The molecule has 1 N–H and O–H groups in total. The standard InChI is InChI=1S/C33H24P.C15H15N.Ru.2H/c1-24-20-21-25-12-8-10-18-29(25)32(24)33-30-19-11-9-13-26(30)22-23-31(33)34(27-14-4-2-5-15-27)28-16-6-3-7-17-28;1-12(13-8-4-2-5-9-13)15(16)14-10-6-3-7-11-14;;;/h2-23H,1H2;2-12,15-16H,1H2;;;/q-1;-2;;;/p+1/t;12-,15+;;;/m.1.../s1. The SMILES string of the molecule is [CH2-][C@H](c1ccccc1)[C@H]([NH-])c1ccccc1.[CH2-]c1ccc2ccccc2c1-c1c([PH+](c2ccccc2)c2ccccc2)ccc2ccccc12.[RuH2]. The van der Waals surface area contributed by atoms with Gasteiger partial charge in [-0.1, -0.05) is 168 Å². The van der Waals surface area contributed by atoms with E-state index < -0.39 is 7.92 Å². The third-order valence-corrected chi connectivity index (χ3v) is 12.2. The number of fused-ring (bicyclic) bond motifs is 2. The van der Waals surface area contributed by atoms with Crippen LogP contribution in [0.3, 0.4) is 0 Å². The van der Waals surface area contributed by atoms with Gasteiger partial charge in [0.1, 0.15) is 10.6 Å². The van der Waals surface area contributed by atoms with Crippen LogP contribution in [0.5, 0.6) is 0 Å². The molecule has 8 rings (SSSR count). The van der Waals surface area contributed by atoms with Gasteiger partial charge in [0, 0.05) is 0 Å². The summed E-state index contributed by atoms with van der Waals surface area (Å²) in [5.74, 6) is -0.0244. The van der Waals surface area contributed by atoms with E-state index in [1.165, 1.54) is 48.6 Å². The Morgan fingerprint density at radius 2 is 0.843 bits per heavy atom. The number of hydrogen-bond donors (Lipinski definition) is 0. The summed E-state index contributed by atoms with van der Waals surface area (Å²) in [5, 5.41) is 9.24. The average molecular weight is 765 g/mol. The molecular weight excluding hydrogens is 723 g/mol. The van der Waals surface area contributed by atoms with Crippen LogP contribution in [0.25, 0.3) is 38.4 Å². The van der Waals surface area contributed by atoms with E-state index in [0.717, 1.165) is 16.7 Å². The predicted molar refractivity (Wildman–Crippen MR) is 222 cm³/mol. The molecule has 254 valence electrons. The van der Waals surface area contributed by atoms with Crippen LogP contribution in [0, 0.1) is 13.8 Å². The van der Waals surface area contributed by atoms with Crippen molar-refractivity contribution in [2.45, 2.75) is 12.0 Å². The van der Waals surface area contributed by atoms with E-state index in [-0.39, 0.29) is 31.4 Å². The Balaban J connectivity index is 0.000000222. The average Bonchev–Trinajstić information content (AvgIpc) is 3.19. The molecule has 0 saturated heterocycles. The van der Waals surface area contributed by atoms with Crippen LogP contribution in [-0.4, -0.2) is 0 Å². The van der Waals surface area contributed by atoms with E-state index in [2.05, 4.69) is 147 Å². The van der Waals surface area contributed by atoms with Crippen LogP contribution in [0.4, 0.5) is 0 Å². The zero-order chi connectivity index (χ0) is 34.3. The molecule has 0 aliphatic rings. The van der Waals surface area contributed by atoms with Crippen molar-refractivity contribution in [1.29, 1.82) is 0 Å². The molecule has 3 heteroatoms. The van der Waals surface area contributed by atoms with E-state index in [1.807, 2.05) is 60.7 Å². The van der Waals surface area contributed by atoms with Crippen molar-refractivity contribution in [1.82, 2.24) is 0 Å². The Bertz CT molecular complexity index is 2230. The van der Waals surface area contributed by atoms with E-state index in [4.69, 9.17) is 5.73 Å². The summed E-state index contributed by atoms with van der Waals surface area (Å²) >= 11 is 0. The predicted octanol–water partition coefficient (Wildman–Crippen LogP) is 11.2. The van der Waals surface area contributed by atoms with Gasteiger partial charge in [-0.3, -0.25) is 0 Å². The molecule has 0 fully saturated rings. The normalized spacial score (nSPS) is 12.1. The topological polar surface area (TPSA) is 23.8 Å². The minimum atomic E-state index is -1.26. The van der Waals surface area contributed by atoms with Gasteiger partial charge in [-0.05, 0) is 52.1 Å². The van der Waals surface area contributed by atoms with Crippen molar-refractivity contribution in [2.75, 3.05) is 0 Å². The van der Waals surface area contributed by atoms with Crippen LogP contribution in [0.1, 0.15) is 28.7 Å². The number of rotatable bonds is 7. The summed E-state index contributed by atoms with van der Waals surface area (Å²) in [6, 6.07) is 68.1. The first kappa shape index (κ1) is 36.0. The summed E-state index contributed by atoms with van der Waals surface area (Å²) in [6.07, 6.45) is 0. The Hall–Kier alpha value is -4.84. The fraction of sp³-hybridized carbons (Fsp3) is 0.0417. The summed E-state index contributed by atoms with van der Waals surface area (Å²) in [7, 11) is -1.26. The molecule has 0 aromatic heterocycles. The molecule has 8 aromatic carbocycles. The van der Waals surface area contributed by atoms with Crippen LogP contribution in [0.15, 0.2) is 194 Å². The molecule has 0 heterocycles. The molecule has 2 atom stereocenters. The summed E-state index contributed by atoms with van der Waals surface area (Å²) in [5.41, 5.74) is 14.0. The molecule has 0 unspecified atom stereocenters. The third-order valence-electron chi connectivity index (χ3n) is 9.38. The maximum absolute atomic E-state index is 8.19. The van der Waals surface area contributed by atoms with E-state index >= 15 is 0 Å². The molecule has 0 amide bonds. The zero-order valence-corrected chi connectivity index (χ0v) is 31.5.